The molecular formula is C22H35NS. The van der Waals surface area contributed by atoms with Crippen molar-refractivity contribution in [3.63, 3.8) is 0 Å². The van der Waals surface area contributed by atoms with Crippen molar-refractivity contribution in [3.05, 3.63) is 40.9 Å². The molecule has 2 heteroatoms. The van der Waals surface area contributed by atoms with E-state index >= 15 is 0 Å². The van der Waals surface area contributed by atoms with Crippen LogP contribution in [0.2, 0.25) is 0 Å². The van der Waals surface area contributed by atoms with Gasteiger partial charge in [0.15, 0.2) is 0 Å². The van der Waals surface area contributed by atoms with Gasteiger partial charge in [-0.15, -0.1) is 11.3 Å². The summed E-state index contributed by atoms with van der Waals surface area (Å²) in [7, 11) is 0. The van der Waals surface area contributed by atoms with Gasteiger partial charge in [0.05, 0.1) is 15.6 Å². The molecule has 24 heavy (non-hydrogen) atoms. The number of hydrogen-bond donors (Lipinski definition) is 0. The Balaban J connectivity index is 2.78. The molecule has 0 aliphatic carbocycles. The second kappa shape index (κ2) is 13.2. The van der Waals surface area contributed by atoms with Crippen LogP contribution in [0.15, 0.2) is 25.3 Å². The third kappa shape index (κ3) is 7.61. The Morgan fingerprint density at radius 1 is 0.958 bits per heavy atom. The highest BCUT2D eigenvalue weighted by Gasteiger charge is 2.17. The van der Waals surface area contributed by atoms with E-state index in [9.17, 15) is 0 Å². The molecule has 0 saturated heterocycles. The molecule has 0 amide bonds. The number of rotatable bonds is 14. The molecule has 0 spiro atoms. The van der Waals surface area contributed by atoms with Gasteiger partial charge in [0.25, 0.3) is 0 Å². The molecule has 0 aliphatic heterocycles. The Morgan fingerprint density at radius 2 is 1.58 bits per heavy atom. The quantitative estimate of drug-likeness (QED) is 0.246. The lowest BCUT2D eigenvalue weighted by Gasteiger charge is -2.14. The molecule has 1 aromatic heterocycles. The van der Waals surface area contributed by atoms with E-state index < -0.39 is 0 Å². The molecule has 0 aromatic carbocycles. The average Bonchev–Trinajstić information content (AvgIpc) is 3.01. The van der Waals surface area contributed by atoms with E-state index in [0.29, 0.717) is 5.92 Å². The van der Waals surface area contributed by atoms with Gasteiger partial charge in [0.2, 0.25) is 0 Å². The van der Waals surface area contributed by atoms with E-state index in [4.69, 9.17) is 4.98 Å². The van der Waals surface area contributed by atoms with Crippen molar-refractivity contribution in [2.24, 2.45) is 0 Å². The molecule has 0 atom stereocenters. The highest BCUT2D eigenvalue weighted by atomic mass is 32.1. The molecule has 0 bridgehead atoms. The molecule has 134 valence electrons. The molecule has 0 aliphatic rings. The predicted molar refractivity (Wildman–Crippen MR) is 112 cm³/mol. The molecule has 1 aromatic rings. The fourth-order valence-corrected chi connectivity index (χ4v) is 4.06. The van der Waals surface area contributed by atoms with Gasteiger partial charge in [0, 0.05) is 5.92 Å². The molecule has 0 N–H and O–H groups in total. The topological polar surface area (TPSA) is 12.9 Å². The molecule has 0 saturated carbocycles. The second-order valence-corrected chi connectivity index (χ2v) is 7.56. The number of hydrogen-bond acceptors (Lipinski definition) is 2. The Kier molecular flexibility index (Phi) is 11.5. The maximum absolute atomic E-state index is 4.93. The lowest BCUT2D eigenvalue weighted by atomic mass is 9.95. The molecule has 0 unspecified atom stereocenters. The lowest BCUT2D eigenvalue weighted by Crippen LogP contribution is -1.99. The zero-order chi connectivity index (χ0) is 17.6. The average molecular weight is 346 g/mol. The monoisotopic (exact) mass is 345 g/mol. The summed E-state index contributed by atoms with van der Waals surface area (Å²) < 4.78 is 0. The van der Waals surface area contributed by atoms with Crippen LogP contribution in [0.3, 0.4) is 0 Å². The summed E-state index contributed by atoms with van der Waals surface area (Å²) in [5.74, 6) is 0.619. The van der Waals surface area contributed by atoms with Gasteiger partial charge in [-0.25, -0.2) is 4.98 Å². The zero-order valence-corrected chi connectivity index (χ0v) is 16.5. The minimum Gasteiger partial charge on any atom is -0.241 e. The maximum Gasteiger partial charge on any atom is 0.0969 e. The first-order chi connectivity index (χ1) is 11.8. The number of aromatic nitrogens is 1. The third-order valence-electron chi connectivity index (χ3n) is 4.43. The molecule has 1 rings (SSSR count). The van der Waals surface area contributed by atoms with Crippen LogP contribution < -0.4 is 0 Å². The van der Waals surface area contributed by atoms with Gasteiger partial charge in [-0.1, -0.05) is 90.5 Å². The number of thiazole rings is 1. The normalized spacial score (nSPS) is 11.5. The fourth-order valence-electron chi connectivity index (χ4n) is 2.99. The standard InChI is InChI=1S/C22H35NS/c1-5-9-12-14-16-19(17-15-13-10-6-2)22-23-20(18-11-7-3)21(8-4)24-22/h7-8,11,18-19H,3-6,9-10,12-17H2,1-2H3/b18-11-. The van der Waals surface area contributed by atoms with Crippen molar-refractivity contribution in [1.82, 2.24) is 4.98 Å². The fraction of sp³-hybridized carbons (Fsp3) is 0.591. The lowest BCUT2D eigenvalue weighted by molar-refractivity contribution is 0.495. The van der Waals surface area contributed by atoms with E-state index in [-0.39, 0.29) is 0 Å². The Bertz CT molecular complexity index is 486. The van der Waals surface area contributed by atoms with Crippen LogP contribution in [0.4, 0.5) is 0 Å². The van der Waals surface area contributed by atoms with Gasteiger partial charge in [-0.05, 0) is 25.0 Å². The van der Waals surface area contributed by atoms with Crippen molar-refractivity contribution in [3.8, 4) is 0 Å². The van der Waals surface area contributed by atoms with Gasteiger partial charge in [-0.2, -0.15) is 0 Å². The minimum absolute atomic E-state index is 0.619. The van der Waals surface area contributed by atoms with Crippen LogP contribution in [-0.2, 0) is 0 Å². The van der Waals surface area contributed by atoms with E-state index in [0.717, 1.165) is 5.69 Å². The van der Waals surface area contributed by atoms with Crippen molar-refractivity contribution < 1.29 is 0 Å². The zero-order valence-electron chi connectivity index (χ0n) is 15.7. The van der Waals surface area contributed by atoms with E-state index in [1.165, 1.54) is 74.1 Å². The molecule has 1 heterocycles. The predicted octanol–water partition coefficient (Wildman–Crippen LogP) is 8.01. The van der Waals surface area contributed by atoms with Gasteiger partial charge < -0.3 is 0 Å². The van der Waals surface area contributed by atoms with Crippen LogP contribution >= 0.6 is 11.3 Å². The summed E-state index contributed by atoms with van der Waals surface area (Å²) in [5.41, 5.74) is 1.05. The van der Waals surface area contributed by atoms with E-state index in [1.807, 2.05) is 23.5 Å². The van der Waals surface area contributed by atoms with Gasteiger partial charge >= 0.3 is 0 Å². The van der Waals surface area contributed by atoms with E-state index in [1.54, 1.807) is 6.08 Å². The molecule has 0 radical (unpaired) electrons. The second-order valence-electron chi connectivity index (χ2n) is 6.50. The first-order valence-corrected chi connectivity index (χ1v) is 10.5. The first-order valence-electron chi connectivity index (χ1n) is 9.69. The minimum atomic E-state index is 0.619. The number of allylic oxidation sites excluding steroid dienone is 2. The summed E-state index contributed by atoms with van der Waals surface area (Å²) in [4.78, 5) is 6.12. The summed E-state index contributed by atoms with van der Waals surface area (Å²) in [5, 5.41) is 1.31. The Hall–Kier alpha value is -1.15. The molecule has 1 nitrogen and oxygen atoms in total. The molecule has 0 fully saturated rings. The summed E-state index contributed by atoms with van der Waals surface area (Å²) in [6.45, 7) is 12.3. The van der Waals surface area contributed by atoms with Crippen molar-refractivity contribution in [1.29, 1.82) is 0 Å². The highest BCUT2D eigenvalue weighted by Crippen LogP contribution is 2.34. The van der Waals surface area contributed by atoms with Gasteiger partial charge in [0.1, 0.15) is 0 Å². The third-order valence-corrected chi connectivity index (χ3v) is 5.66. The summed E-state index contributed by atoms with van der Waals surface area (Å²) in [6, 6.07) is 0. The van der Waals surface area contributed by atoms with Crippen molar-refractivity contribution in [2.45, 2.75) is 84.0 Å². The summed E-state index contributed by atoms with van der Waals surface area (Å²) >= 11 is 1.83. The number of unbranched alkanes of at least 4 members (excludes halogenated alkanes) is 6. The largest absolute Gasteiger partial charge is 0.241 e. The van der Waals surface area contributed by atoms with Crippen LogP contribution in [0.25, 0.3) is 12.2 Å². The first kappa shape index (κ1) is 20.9. The van der Waals surface area contributed by atoms with Crippen LogP contribution in [0.5, 0.6) is 0 Å². The van der Waals surface area contributed by atoms with Crippen LogP contribution in [0, 0.1) is 0 Å². The Labute approximate surface area is 153 Å². The highest BCUT2D eigenvalue weighted by molar-refractivity contribution is 7.12. The number of nitrogens with zero attached hydrogens (tertiary/aromatic N) is 1. The summed E-state index contributed by atoms with van der Waals surface area (Å²) in [6.07, 6.45) is 21.0. The SMILES string of the molecule is C=C/C=C\c1nc(C(CCCCCC)CCCCCC)sc1C=C. The van der Waals surface area contributed by atoms with Crippen LogP contribution in [-0.4, -0.2) is 4.98 Å². The molecular weight excluding hydrogens is 310 g/mol. The van der Waals surface area contributed by atoms with Crippen molar-refractivity contribution >= 4 is 23.5 Å². The van der Waals surface area contributed by atoms with Gasteiger partial charge in [-0.3, -0.25) is 0 Å². The van der Waals surface area contributed by atoms with Crippen LogP contribution in [0.1, 0.15) is 99.6 Å². The Morgan fingerprint density at radius 3 is 2.08 bits per heavy atom. The maximum atomic E-state index is 4.93. The smallest absolute Gasteiger partial charge is 0.0969 e. The van der Waals surface area contributed by atoms with E-state index in [2.05, 4.69) is 33.1 Å². The van der Waals surface area contributed by atoms with Crippen molar-refractivity contribution in [2.75, 3.05) is 0 Å².